The fraction of sp³-hybridized carbons (Fsp3) is 0.333. The number of aryl methyl sites for hydroxylation is 1. The number of methoxy groups -OCH3 is 1. The van der Waals surface area contributed by atoms with Gasteiger partial charge in [0.2, 0.25) is 5.76 Å². The third-order valence-corrected chi connectivity index (χ3v) is 2.37. The first-order valence-electron chi connectivity index (χ1n) is 3.97. The van der Waals surface area contributed by atoms with Gasteiger partial charge in [-0.1, -0.05) is 0 Å². The molecule has 0 aliphatic carbocycles. The summed E-state index contributed by atoms with van der Waals surface area (Å²) >= 11 is 1.34. The summed E-state index contributed by atoms with van der Waals surface area (Å²) < 4.78 is 9.73. The van der Waals surface area contributed by atoms with Crippen LogP contribution in [0.3, 0.4) is 0 Å². The largest absolute Gasteiger partial charge is 0.463 e. The van der Waals surface area contributed by atoms with Crippen LogP contribution in [0.4, 0.5) is 0 Å². The highest BCUT2D eigenvalue weighted by Gasteiger charge is 2.13. The molecule has 1 heterocycles. The fourth-order valence-corrected chi connectivity index (χ4v) is 1.55. The fourth-order valence-electron chi connectivity index (χ4n) is 0.996. The molecule has 0 radical (unpaired) electrons. The van der Waals surface area contributed by atoms with E-state index in [0.29, 0.717) is 11.5 Å². The number of hydrogen-bond acceptors (Lipinski definition) is 5. The molecule has 0 saturated carbocycles. The van der Waals surface area contributed by atoms with E-state index in [2.05, 4.69) is 4.74 Å². The second-order valence-electron chi connectivity index (χ2n) is 2.61. The van der Waals surface area contributed by atoms with Gasteiger partial charge in [-0.25, -0.2) is 4.79 Å². The molecule has 0 amide bonds. The van der Waals surface area contributed by atoms with Crippen LogP contribution in [0.25, 0.3) is 0 Å². The van der Waals surface area contributed by atoms with Crippen LogP contribution in [0.1, 0.15) is 21.9 Å². The van der Waals surface area contributed by atoms with Crippen molar-refractivity contribution in [2.24, 2.45) is 0 Å². The Kier molecular flexibility index (Phi) is 3.76. The van der Waals surface area contributed by atoms with E-state index in [1.807, 2.05) is 0 Å². The molecule has 0 aliphatic rings. The summed E-state index contributed by atoms with van der Waals surface area (Å²) in [7, 11) is 1.31. The van der Waals surface area contributed by atoms with E-state index < -0.39 is 5.97 Å². The van der Waals surface area contributed by atoms with E-state index in [1.54, 1.807) is 13.0 Å². The maximum absolute atomic E-state index is 11.1. The zero-order chi connectivity index (χ0) is 10.6. The van der Waals surface area contributed by atoms with E-state index in [0.717, 1.165) is 5.56 Å². The van der Waals surface area contributed by atoms with Gasteiger partial charge in [-0.15, -0.1) is 11.8 Å². The Hall–Kier alpha value is -1.23. The summed E-state index contributed by atoms with van der Waals surface area (Å²) in [6.45, 7) is 1.78. The average Bonchev–Trinajstić information content (AvgIpc) is 2.56. The molecule has 0 spiro atoms. The van der Waals surface area contributed by atoms with Gasteiger partial charge in [0.25, 0.3) is 0 Å². The molecular formula is C9H11NO3S. The zero-order valence-corrected chi connectivity index (χ0v) is 8.81. The van der Waals surface area contributed by atoms with Crippen LogP contribution < -0.4 is 0 Å². The van der Waals surface area contributed by atoms with Crippen molar-refractivity contribution in [2.75, 3.05) is 7.11 Å². The third kappa shape index (κ3) is 2.38. The Balaban J connectivity index is 2.81. The number of nitrogens with one attached hydrogen (secondary N) is 1. The molecule has 0 atom stereocenters. The number of furan rings is 1. The number of hydrogen-bond donors (Lipinski definition) is 1. The lowest BCUT2D eigenvalue weighted by atomic mass is 10.3. The summed E-state index contributed by atoms with van der Waals surface area (Å²) in [5, 5.41) is 6.87. The Labute approximate surface area is 86.1 Å². The van der Waals surface area contributed by atoms with Gasteiger partial charge in [0.1, 0.15) is 5.76 Å². The van der Waals surface area contributed by atoms with Crippen LogP contribution in [0.2, 0.25) is 0 Å². The summed E-state index contributed by atoms with van der Waals surface area (Å²) in [5.41, 5.74) is 2.17. The number of rotatable bonds is 4. The van der Waals surface area contributed by atoms with Crippen LogP contribution in [-0.2, 0) is 10.5 Å². The molecule has 4 nitrogen and oxygen atoms in total. The predicted octanol–water partition coefficient (Wildman–Crippen LogP) is 2.21. The minimum Gasteiger partial charge on any atom is -0.463 e. The average molecular weight is 213 g/mol. The topological polar surface area (TPSA) is 63.3 Å². The van der Waals surface area contributed by atoms with E-state index >= 15 is 0 Å². The van der Waals surface area contributed by atoms with E-state index in [4.69, 9.17) is 9.83 Å². The molecule has 1 rings (SSSR count). The Morgan fingerprint density at radius 1 is 1.79 bits per heavy atom. The monoisotopic (exact) mass is 213 g/mol. The lowest BCUT2D eigenvalue weighted by Crippen LogP contribution is -1.98. The zero-order valence-electron chi connectivity index (χ0n) is 7.99. The Morgan fingerprint density at radius 2 is 2.50 bits per heavy atom. The molecular weight excluding hydrogens is 202 g/mol. The van der Waals surface area contributed by atoms with Crippen LogP contribution in [0.5, 0.6) is 0 Å². The molecule has 76 valence electrons. The van der Waals surface area contributed by atoms with Crippen molar-refractivity contribution >= 4 is 23.3 Å². The number of carbonyl (C=O) groups is 1. The predicted molar refractivity (Wildman–Crippen MR) is 54.9 cm³/mol. The van der Waals surface area contributed by atoms with Crippen molar-refractivity contribution in [2.45, 2.75) is 12.7 Å². The first-order valence-corrected chi connectivity index (χ1v) is 5.02. The number of thioether (sulfide) groups is 1. The second kappa shape index (κ2) is 4.85. The van der Waals surface area contributed by atoms with Crippen LogP contribution in [-0.4, -0.2) is 18.6 Å². The van der Waals surface area contributed by atoms with Crippen LogP contribution in [0, 0.1) is 12.3 Å². The quantitative estimate of drug-likeness (QED) is 0.473. The first-order chi connectivity index (χ1) is 6.69. The van der Waals surface area contributed by atoms with Crippen molar-refractivity contribution in [3.8, 4) is 0 Å². The molecule has 0 bridgehead atoms. The molecule has 0 fully saturated rings. The van der Waals surface area contributed by atoms with Crippen LogP contribution in [0.15, 0.2) is 10.5 Å². The first kappa shape index (κ1) is 10.8. The van der Waals surface area contributed by atoms with Gasteiger partial charge >= 0.3 is 5.97 Å². The molecule has 0 aromatic carbocycles. The normalized spacial score (nSPS) is 9.86. The van der Waals surface area contributed by atoms with Gasteiger partial charge in [-0.05, 0) is 13.0 Å². The minimum absolute atomic E-state index is 0.214. The maximum Gasteiger partial charge on any atom is 0.373 e. The summed E-state index contributed by atoms with van der Waals surface area (Å²) in [4.78, 5) is 11.1. The summed E-state index contributed by atoms with van der Waals surface area (Å²) in [6.07, 6.45) is 0. The SMILES string of the molecule is COC(=O)c1cc(CSC=N)c(C)o1. The van der Waals surface area contributed by atoms with Crippen molar-refractivity contribution in [1.29, 1.82) is 5.41 Å². The minimum atomic E-state index is -0.473. The van der Waals surface area contributed by atoms with Gasteiger partial charge < -0.3 is 14.6 Å². The molecule has 14 heavy (non-hydrogen) atoms. The second-order valence-corrected chi connectivity index (χ2v) is 3.47. The third-order valence-electron chi connectivity index (χ3n) is 1.73. The van der Waals surface area contributed by atoms with Crippen molar-refractivity contribution in [3.05, 3.63) is 23.2 Å². The molecule has 0 saturated heterocycles. The van der Waals surface area contributed by atoms with Gasteiger partial charge in [0.05, 0.1) is 12.7 Å². The highest BCUT2D eigenvalue weighted by molar-refractivity contribution is 8.11. The molecule has 1 aromatic heterocycles. The highest BCUT2D eigenvalue weighted by Crippen LogP contribution is 2.19. The van der Waals surface area contributed by atoms with E-state index in [-0.39, 0.29) is 5.76 Å². The smallest absolute Gasteiger partial charge is 0.373 e. The van der Waals surface area contributed by atoms with E-state index in [1.165, 1.54) is 24.4 Å². The maximum atomic E-state index is 11.1. The molecule has 0 aliphatic heterocycles. The van der Waals surface area contributed by atoms with E-state index in [9.17, 15) is 4.79 Å². The molecule has 1 aromatic rings. The van der Waals surface area contributed by atoms with Gasteiger partial charge in [-0.3, -0.25) is 0 Å². The Morgan fingerprint density at radius 3 is 3.07 bits per heavy atom. The van der Waals surface area contributed by atoms with Crippen molar-refractivity contribution in [1.82, 2.24) is 0 Å². The number of esters is 1. The number of carbonyl (C=O) groups excluding carboxylic acids is 1. The molecule has 5 heteroatoms. The molecule has 1 N–H and O–H groups in total. The molecule has 0 unspecified atom stereocenters. The highest BCUT2D eigenvalue weighted by atomic mass is 32.2. The lowest BCUT2D eigenvalue weighted by molar-refractivity contribution is 0.0563. The van der Waals surface area contributed by atoms with Gasteiger partial charge in [0, 0.05) is 11.3 Å². The van der Waals surface area contributed by atoms with Crippen molar-refractivity contribution in [3.63, 3.8) is 0 Å². The van der Waals surface area contributed by atoms with Crippen molar-refractivity contribution < 1.29 is 13.9 Å². The number of ether oxygens (including phenoxy) is 1. The lowest BCUT2D eigenvalue weighted by Gasteiger charge is -1.91. The standard InChI is InChI=1S/C9H11NO3S/c1-6-7(4-14-5-10)3-8(13-6)9(11)12-2/h3,5,10H,4H2,1-2H3. The summed E-state index contributed by atoms with van der Waals surface area (Å²) in [6, 6.07) is 1.65. The summed E-state index contributed by atoms with van der Waals surface area (Å²) in [5.74, 6) is 1.07. The Bertz CT molecular complexity index is 346. The van der Waals surface area contributed by atoms with Crippen LogP contribution >= 0.6 is 11.8 Å². The van der Waals surface area contributed by atoms with Gasteiger partial charge in [0.15, 0.2) is 0 Å². The van der Waals surface area contributed by atoms with Gasteiger partial charge in [-0.2, -0.15) is 0 Å².